The highest BCUT2D eigenvalue weighted by Crippen LogP contribution is 2.43. The maximum Gasteiger partial charge on any atom is 0.283 e. The molecule has 0 aliphatic carbocycles. The van der Waals surface area contributed by atoms with Crippen molar-refractivity contribution < 1.29 is 28.1 Å². The van der Waals surface area contributed by atoms with Gasteiger partial charge in [-0.15, -0.1) is 0 Å². The molecule has 0 bridgehead atoms. The number of aromatic hydroxyl groups is 1. The standard InChI is InChI=1S/C25H31F3N2O3/c1-17-11-20-3-2-4-22(32)23(20)24(30(17)15-25(27,28)16-31)19-5-7-21(8-6-19)33-10-9-29-13-18(12-26)14-29/h2-8,17-18,24,31-32H,9-16H2,1H3/t17-,24-/m1/s1. The van der Waals surface area contributed by atoms with Crippen molar-refractivity contribution >= 4 is 0 Å². The SMILES string of the molecule is C[C@@H]1Cc2cccc(O)c2[C@@H](c2ccc(OCCN3CC(CF)C3)cc2)N1CC(F)(F)CO. The summed E-state index contributed by atoms with van der Waals surface area (Å²) in [6.07, 6.45) is 0.530. The van der Waals surface area contributed by atoms with Gasteiger partial charge in [-0.3, -0.25) is 14.2 Å². The van der Waals surface area contributed by atoms with Crippen LogP contribution in [0.3, 0.4) is 0 Å². The first-order chi connectivity index (χ1) is 15.8. The summed E-state index contributed by atoms with van der Waals surface area (Å²) >= 11 is 0. The van der Waals surface area contributed by atoms with Crippen LogP contribution >= 0.6 is 0 Å². The second-order valence-electron chi connectivity index (χ2n) is 9.19. The number of aliphatic hydroxyl groups is 1. The molecule has 2 N–H and O–H groups in total. The first kappa shape index (κ1) is 23.9. The average Bonchev–Trinajstić information content (AvgIpc) is 2.77. The summed E-state index contributed by atoms with van der Waals surface area (Å²) in [7, 11) is 0. The van der Waals surface area contributed by atoms with Gasteiger partial charge in [-0.2, -0.15) is 0 Å². The number of aliphatic hydroxyl groups excluding tert-OH is 1. The first-order valence-electron chi connectivity index (χ1n) is 11.4. The van der Waals surface area contributed by atoms with Crippen molar-refractivity contribution in [3.05, 3.63) is 59.2 Å². The lowest BCUT2D eigenvalue weighted by Crippen LogP contribution is -2.49. The number of rotatable bonds is 9. The van der Waals surface area contributed by atoms with Gasteiger partial charge >= 0.3 is 0 Å². The molecule has 0 radical (unpaired) electrons. The molecule has 2 aromatic rings. The molecular weight excluding hydrogens is 433 g/mol. The first-order valence-corrected chi connectivity index (χ1v) is 11.4. The number of likely N-dealkylation sites (tertiary alicyclic amines) is 1. The van der Waals surface area contributed by atoms with E-state index in [2.05, 4.69) is 4.90 Å². The minimum atomic E-state index is -3.25. The third kappa shape index (κ3) is 5.28. The number of phenols is 1. The Morgan fingerprint density at radius 2 is 1.85 bits per heavy atom. The third-order valence-electron chi connectivity index (χ3n) is 6.63. The minimum absolute atomic E-state index is 0.0724. The van der Waals surface area contributed by atoms with E-state index in [1.807, 2.05) is 25.1 Å². The number of nitrogens with zero attached hydrogens (tertiary/aromatic N) is 2. The molecule has 2 atom stereocenters. The zero-order chi connectivity index (χ0) is 23.6. The van der Waals surface area contributed by atoms with Gasteiger partial charge in [0.15, 0.2) is 0 Å². The fourth-order valence-corrected chi connectivity index (χ4v) is 4.87. The van der Waals surface area contributed by atoms with E-state index in [9.17, 15) is 18.3 Å². The Morgan fingerprint density at radius 1 is 1.12 bits per heavy atom. The summed E-state index contributed by atoms with van der Waals surface area (Å²) in [4.78, 5) is 3.79. The number of phenolic OH excluding ortho intramolecular Hbond substituents is 1. The molecule has 33 heavy (non-hydrogen) atoms. The van der Waals surface area contributed by atoms with Crippen LogP contribution in [0.1, 0.15) is 29.7 Å². The molecule has 4 rings (SSSR count). The summed E-state index contributed by atoms with van der Waals surface area (Å²) in [5.41, 5.74) is 2.31. The van der Waals surface area contributed by atoms with Crippen LogP contribution in [-0.2, 0) is 6.42 Å². The Labute approximate surface area is 192 Å². The van der Waals surface area contributed by atoms with Crippen LogP contribution < -0.4 is 4.74 Å². The lowest BCUT2D eigenvalue weighted by atomic mass is 9.84. The Balaban J connectivity index is 1.52. The van der Waals surface area contributed by atoms with Crippen molar-refractivity contribution in [2.45, 2.75) is 31.4 Å². The Morgan fingerprint density at radius 3 is 2.52 bits per heavy atom. The van der Waals surface area contributed by atoms with Gasteiger partial charge in [0.2, 0.25) is 0 Å². The summed E-state index contributed by atoms with van der Waals surface area (Å²) in [5.74, 6) is -2.38. The molecule has 2 heterocycles. The molecular formula is C25H31F3N2O3. The van der Waals surface area contributed by atoms with E-state index in [4.69, 9.17) is 9.84 Å². The van der Waals surface area contributed by atoms with Gasteiger partial charge in [-0.25, -0.2) is 8.78 Å². The number of fused-ring (bicyclic) bond motifs is 1. The van der Waals surface area contributed by atoms with E-state index in [1.165, 1.54) is 0 Å². The van der Waals surface area contributed by atoms with Crippen LogP contribution in [0.4, 0.5) is 13.2 Å². The van der Waals surface area contributed by atoms with Crippen molar-refractivity contribution in [3.63, 3.8) is 0 Å². The van der Waals surface area contributed by atoms with Gasteiger partial charge in [0.05, 0.1) is 19.3 Å². The molecule has 5 nitrogen and oxygen atoms in total. The van der Waals surface area contributed by atoms with Crippen LogP contribution in [-0.4, -0.2) is 78.0 Å². The zero-order valence-corrected chi connectivity index (χ0v) is 18.8. The normalized spacial score (nSPS) is 22.1. The second-order valence-corrected chi connectivity index (χ2v) is 9.19. The van der Waals surface area contributed by atoms with Gasteiger partial charge in [0.1, 0.15) is 24.7 Å². The highest BCUT2D eigenvalue weighted by Gasteiger charge is 2.41. The van der Waals surface area contributed by atoms with Gasteiger partial charge in [0.25, 0.3) is 5.92 Å². The predicted molar refractivity (Wildman–Crippen MR) is 120 cm³/mol. The molecule has 0 aromatic heterocycles. The highest BCUT2D eigenvalue weighted by atomic mass is 19.3. The Hall–Kier alpha value is -2.29. The number of hydrogen-bond donors (Lipinski definition) is 2. The van der Waals surface area contributed by atoms with Gasteiger partial charge < -0.3 is 14.9 Å². The fraction of sp³-hybridized carbons (Fsp3) is 0.520. The monoisotopic (exact) mass is 464 g/mol. The molecule has 0 amide bonds. The van der Waals surface area contributed by atoms with E-state index in [0.29, 0.717) is 24.3 Å². The van der Waals surface area contributed by atoms with Crippen LogP contribution in [0, 0.1) is 5.92 Å². The van der Waals surface area contributed by atoms with E-state index in [1.54, 1.807) is 29.2 Å². The second kappa shape index (κ2) is 9.91. The molecule has 180 valence electrons. The zero-order valence-electron chi connectivity index (χ0n) is 18.8. The highest BCUT2D eigenvalue weighted by molar-refractivity contribution is 5.49. The van der Waals surface area contributed by atoms with Gasteiger partial charge in [-0.1, -0.05) is 24.3 Å². The number of hydrogen-bond acceptors (Lipinski definition) is 5. The largest absolute Gasteiger partial charge is 0.508 e. The van der Waals surface area contributed by atoms with E-state index < -0.39 is 25.1 Å². The smallest absolute Gasteiger partial charge is 0.283 e. The van der Waals surface area contributed by atoms with Crippen LogP contribution in [0.15, 0.2) is 42.5 Å². The van der Waals surface area contributed by atoms with Crippen LogP contribution in [0.5, 0.6) is 11.5 Å². The summed E-state index contributed by atoms with van der Waals surface area (Å²) in [6.45, 7) is 2.49. The Kier molecular flexibility index (Phi) is 7.16. The predicted octanol–water partition coefficient (Wildman–Crippen LogP) is 3.64. The molecule has 0 spiro atoms. The van der Waals surface area contributed by atoms with Gasteiger partial charge in [-0.05, 0) is 42.7 Å². The molecule has 0 saturated carbocycles. The quantitative estimate of drug-likeness (QED) is 0.594. The summed E-state index contributed by atoms with van der Waals surface area (Å²) in [5, 5.41) is 19.8. The molecule has 1 fully saturated rings. The molecule has 2 aromatic carbocycles. The number of alkyl halides is 3. The summed E-state index contributed by atoms with van der Waals surface area (Å²) < 4.78 is 46.8. The minimum Gasteiger partial charge on any atom is -0.508 e. The molecule has 0 unspecified atom stereocenters. The van der Waals surface area contributed by atoms with Crippen molar-refractivity contribution in [1.29, 1.82) is 0 Å². The summed E-state index contributed by atoms with van der Waals surface area (Å²) in [6, 6.07) is 11.8. The van der Waals surface area contributed by atoms with E-state index in [-0.39, 0.29) is 24.4 Å². The van der Waals surface area contributed by atoms with Crippen molar-refractivity contribution in [1.82, 2.24) is 9.80 Å². The number of halogens is 3. The number of ether oxygens (including phenoxy) is 1. The molecule has 2 aliphatic heterocycles. The Bertz CT molecular complexity index is 935. The fourth-order valence-electron chi connectivity index (χ4n) is 4.87. The van der Waals surface area contributed by atoms with Crippen LogP contribution in [0.25, 0.3) is 0 Å². The van der Waals surface area contributed by atoms with Crippen molar-refractivity contribution in [3.8, 4) is 11.5 Å². The maximum atomic E-state index is 14.2. The van der Waals surface area contributed by atoms with Crippen LogP contribution in [0.2, 0.25) is 0 Å². The van der Waals surface area contributed by atoms with E-state index >= 15 is 0 Å². The molecule has 2 aliphatic rings. The average molecular weight is 465 g/mol. The maximum absolute atomic E-state index is 14.2. The number of benzene rings is 2. The molecule has 1 saturated heterocycles. The lowest BCUT2D eigenvalue weighted by molar-refractivity contribution is -0.0864. The van der Waals surface area contributed by atoms with Crippen molar-refractivity contribution in [2.75, 3.05) is 46.1 Å². The van der Waals surface area contributed by atoms with E-state index in [0.717, 1.165) is 30.8 Å². The van der Waals surface area contributed by atoms with Crippen molar-refractivity contribution in [2.24, 2.45) is 5.92 Å². The topological polar surface area (TPSA) is 56.2 Å². The van der Waals surface area contributed by atoms with Gasteiger partial charge in [0, 0.05) is 37.2 Å². The lowest BCUT2D eigenvalue weighted by Gasteiger charge is -2.43. The molecule has 8 heteroatoms. The third-order valence-corrected chi connectivity index (χ3v) is 6.63.